The molecule has 1 N–H and O–H groups in total. The summed E-state index contributed by atoms with van der Waals surface area (Å²) in [4.78, 5) is 44.0. The first kappa shape index (κ1) is 24.3. The number of nitrogens with one attached hydrogen (secondary N) is 1. The number of likely N-dealkylation sites (tertiary alicyclic amines) is 1. The van der Waals surface area contributed by atoms with Gasteiger partial charge in [0.2, 0.25) is 5.91 Å². The molecular weight excluding hydrogens is 450 g/mol. The number of carbonyl (C=O) groups is 3. The SMILES string of the molecule is CCOC(=O)N1CCC(NC(=O)[C@@H]2c3ccccc3C(=O)N(CC(C)C)[C@H]2c2cccs2)CC1. The van der Waals surface area contributed by atoms with Gasteiger partial charge in [-0.15, -0.1) is 11.3 Å². The van der Waals surface area contributed by atoms with E-state index in [4.69, 9.17) is 4.74 Å². The molecule has 0 bridgehead atoms. The van der Waals surface area contributed by atoms with Gasteiger partial charge in [-0.3, -0.25) is 9.59 Å². The number of hydrogen-bond donors (Lipinski definition) is 1. The summed E-state index contributed by atoms with van der Waals surface area (Å²) in [7, 11) is 0. The molecule has 2 aliphatic rings. The lowest BCUT2D eigenvalue weighted by molar-refractivity contribution is -0.125. The number of ether oxygens (including phenoxy) is 1. The van der Waals surface area contributed by atoms with Crippen molar-refractivity contribution in [2.75, 3.05) is 26.2 Å². The molecule has 0 saturated carbocycles. The number of amides is 3. The second-order valence-corrected chi connectivity index (χ2v) is 10.3. The van der Waals surface area contributed by atoms with Gasteiger partial charge in [0.05, 0.1) is 18.6 Å². The van der Waals surface area contributed by atoms with Gasteiger partial charge in [0.1, 0.15) is 0 Å². The summed E-state index contributed by atoms with van der Waals surface area (Å²) < 4.78 is 5.10. The molecule has 2 atom stereocenters. The molecule has 0 unspecified atom stereocenters. The summed E-state index contributed by atoms with van der Waals surface area (Å²) in [6.07, 6.45) is 1.06. The molecule has 2 aromatic rings. The Bertz CT molecular complexity index is 1010. The summed E-state index contributed by atoms with van der Waals surface area (Å²) in [5, 5.41) is 5.24. The third kappa shape index (κ3) is 4.97. The Morgan fingerprint density at radius 1 is 1.15 bits per heavy atom. The van der Waals surface area contributed by atoms with Crippen molar-refractivity contribution in [3.8, 4) is 0 Å². The van der Waals surface area contributed by atoms with Crippen molar-refractivity contribution in [3.05, 3.63) is 57.8 Å². The van der Waals surface area contributed by atoms with Crippen LogP contribution in [0.15, 0.2) is 41.8 Å². The van der Waals surface area contributed by atoms with Gasteiger partial charge in [0.15, 0.2) is 0 Å². The second-order valence-electron chi connectivity index (χ2n) is 9.35. The number of hydrogen-bond acceptors (Lipinski definition) is 5. The largest absolute Gasteiger partial charge is 0.450 e. The smallest absolute Gasteiger partial charge is 0.409 e. The van der Waals surface area contributed by atoms with Crippen LogP contribution in [0.3, 0.4) is 0 Å². The van der Waals surface area contributed by atoms with E-state index in [1.54, 1.807) is 23.2 Å². The second kappa shape index (κ2) is 10.6. The first-order valence-electron chi connectivity index (χ1n) is 12.1. The van der Waals surface area contributed by atoms with Crippen LogP contribution in [0.4, 0.5) is 4.79 Å². The molecule has 1 aromatic heterocycles. The zero-order chi connectivity index (χ0) is 24.2. The van der Waals surface area contributed by atoms with Gasteiger partial charge in [0.25, 0.3) is 5.91 Å². The first-order chi connectivity index (χ1) is 16.4. The number of fused-ring (bicyclic) bond motifs is 1. The molecule has 4 rings (SSSR count). The molecule has 3 heterocycles. The Labute approximate surface area is 205 Å². The molecule has 3 amide bonds. The maximum atomic E-state index is 13.8. The molecule has 1 fully saturated rings. The highest BCUT2D eigenvalue weighted by Gasteiger charge is 2.45. The highest BCUT2D eigenvalue weighted by molar-refractivity contribution is 7.10. The fourth-order valence-electron chi connectivity index (χ4n) is 4.96. The molecule has 0 spiro atoms. The number of thiophene rings is 1. The zero-order valence-corrected chi connectivity index (χ0v) is 20.8. The minimum absolute atomic E-state index is 0.0190. The lowest BCUT2D eigenvalue weighted by Gasteiger charge is -2.42. The van der Waals surface area contributed by atoms with Crippen molar-refractivity contribution in [1.29, 1.82) is 0 Å². The summed E-state index contributed by atoms with van der Waals surface area (Å²) in [5.74, 6) is -0.307. The molecular formula is C26H33N3O4S. The van der Waals surface area contributed by atoms with E-state index in [1.807, 2.05) is 46.7 Å². The predicted octanol–water partition coefficient (Wildman–Crippen LogP) is 4.42. The highest BCUT2D eigenvalue weighted by Crippen LogP contribution is 2.44. The van der Waals surface area contributed by atoms with Gasteiger partial charge >= 0.3 is 6.09 Å². The molecule has 1 saturated heterocycles. The molecule has 2 aliphatic heterocycles. The number of nitrogens with zero attached hydrogens (tertiary/aromatic N) is 2. The molecule has 182 valence electrons. The monoisotopic (exact) mass is 483 g/mol. The predicted molar refractivity (Wildman–Crippen MR) is 132 cm³/mol. The lowest BCUT2D eigenvalue weighted by atomic mass is 9.80. The number of carbonyl (C=O) groups excluding carboxylic acids is 3. The molecule has 0 radical (unpaired) electrons. The molecule has 8 heteroatoms. The molecule has 7 nitrogen and oxygen atoms in total. The van der Waals surface area contributed by atoms with Crippen LogP contribution in [0.25, 0.3) is 0 Å². The van der Waals surface area contributed by atoms with Gasteiger partial charge in [0, 0.05) is 36.1 Å². The van der Waals surface area contributed by atoms with Crippen molar-refractivity contribution >= 4 is 29.2 Å². The quantitative estimate of drug-likeness (QED) is 0.660. The lowest BCUT2D eigenvalue weighted by Crippen LogP contribution is -2.51. The molecule has 34 heavy (non-hydrogen) atoms. The van der Waals surface area contributed by atoms with Crippen molar-refractivity contribution in [2.45, 2.75) is 51.6 Å². The van der Waals surface area contributed by atoms with Gasteiger partial charge in [-0.25, -0.2) is 4.79 Å². The van der Waals surface area contributed by atoms with Gasteiger partial charge in [-0.2, -0.15) is 0 Å². The van der Waals surface area contributed by atoms with Crippen LogP contribution in [-0.4, -0.2) is 60.0 Å². The van der Waals surface area contributed by atoms with E-state index in [1.165, 1.54) is 0 Å². The Morgan fingerprint density at radius 3 is 2.53 bits per heavy atom. The summed E-state index contributed by atoms with van der Waals surface area (Å²) in [5.41, 5.74) is 1.39. The summed E-state index contributed by atoms with van der Waals surface area (Å²) in [6.45, 7) is 8.01. The average molecular weight is 484 g/mol. The third-order valence-corrected chi connectivity index (χ3v) is 7.43. The van der Waals surface area contributed by atoms with Crippen LogP contribution in [0.1, 0.15) is 66.4 Å². The third-order valence-electron chi connectivity index (χ3n) is 6.48. The van der Waals surface area contributed by atoms with E-state index in [9.17, 15) is 14.4 Å². The van der Waals surface area contributed by atoms with Crippen LogP contribution in [0.2, 0.25) is 0 Å². The van der Waals surface area contributed by atoms with Crippen LogP contribution in [0.5, 0.6) is 0 Å². The maximum absolute atomic E-state index is 13.8. The van der Waals surface area contributed by atoms with Gasteiger partial charge in [-0.05, 0) is 48.8 Å². The number of benzene rings is 1. The van der Waals surface area contributed by atoms with E-state index in [0.717, 1.165) is 10.4 Å². The van der Waals surface area contributed by atoms with E-state index < -0.39 is 5.92 Å². The van der Waals surface area contributed by atoms with Crippen molar-refractivity contribution in [2.24, 2.45) is 5.92 Å². The topological polar surface area (TPSA) is 79.0 Å². The number of rotatable bonds is 6. The highest BCUT2D eigenvalue weighted by atomic mass is 32.1. The normalized spacial score (nSPS) is 20.9. The van der Waals surface area contributed by atoms with Crippen LogP contribution in [-0.2, 0) is 9.53 Å². The minimum atomic E-state index is -0.491. The Balaban J connectivity index is 1.60. The van der Waals surface area contributed by atoms with E-state index in [2.05, 4.69) is 19.2 Å². The first-order valence-corrected chi connectivity index (χ1v) is 12.9. The fourth-order valence-corrected chi connectivity index (χ4v) is 5.83. The van der Waals surface area contributed by atoms with E-state index >= 15 is 0 Å². The van der Waals surface area contributed by atoms with Crippen molar-refractivity contribution in [3.63, 3.8) is 0 Å². The average Bonchev–Trinajstić information content (AvgIpc) is 3.35. The van der Waals surface area contributed by atoms with Gasteiger partial charge < -0.3 is 19.9 Å². The molecule has 0 aliphatic carbocycles. The van der Waals surface area contributed by atoms with Crippen LogP contribution >= 0.6 is 11.3 Å². The van der Waals surface area contributed by atoms with Crippen molar-refractivity contribution < 1.29 is 19.1 Å². The van der Waals surface area contributed by atoms with E-state index in [-0.39, 0.29) is 35.9 Å². The Morgan fingerprint density at radius 2 is 1.88 bits per heavy atom. The summed E-state index contributed by atoms with van der Waals surface area (Å²) in [6, 6.07) is 11.1. The fraction of sp³-hybridized carbons (Fsp3) is 0.500. The number of piperidine rings is 1. The zero-order valence-electron chi connectivity index (χ0n) is 20.0. The van der Waals surface area contributed by atoms with Crippen molar-refractivity contribution in [1.82, 2.24) is 15.1 Å². The molecule has 1 aromatic carbocycles. The van der Waals surface area contributed by atoms with Gasteiger partial charge in [-0.1, -0.05) is 38.1 Å². The standard InChI is InChI=1S/C26H33N3O4S/c1-4-33-26(32)28-13-11-18(12-14-28)27-24(30)22-19-8-5-6-9-20(19)25(31)29(16-17(2)3)23(22)21-10-7-15-34-21/h5-10,15,17-18,22-23H,4,11-14,16H2,1-3H3,(H,27,30)/t22-,23+/m1/s1. The summed E-state index contributed by atoms with van der Waals surface area (Å²) >= 11 is 1.58. The van der Waals surface area contributed by atoms with E-state index in [0.29, 0.717) is 44.6 Å². The Hall–Kier alpha value is -2.87. The maximum Gasteiger partial charge on any atom is 0.409 e. The Kier molecular flexibility index (Phi) is 7.56. The van der Waals surface area contributed by atoms with Crippen LogP contribution in [0, 0.1) is 5.92 Å². The minimum Gasteiger partial charge on any atom is -0.450 e. The van der Waals surface area contributed by atoms with Crippen LogP contribution < -0.4 is 5.32 Å².